The molecule has 2 aromatic carbocycles. The molecule has 0 saturated heterocycles. The lowest BCUT2D eigenvalue weighted by Crippen LogP contribution is -2.12. The van der Waals surface area contributed by atoms with Crippen LogP contribution >= 0.6 is 11.8 Å². The third-order valence-corrected chi connectivity index (χ3v) is 5.37. The molecule has 30 heavy (non-hydrogen) atoms. The fourth-order valence-electron chi connectivity index (χ4n) is 2.83. The summed E-state index contributed by atoms with van der Waals surface area (Å²) in [4.78, 5) is 18.0. The van der Waals surface area contributed by atoms with Crippen molar-refractivity contribution < 1.29 is 13.9 Å². The van der Waals surface area contributed by atoms with E-state index in [9.17, 15) is 4.79 Å². The smallest absolute Gasteiger partial charge is 0.291 e. The van der Waals surface area contributed by atoms with Crippen molar-refractivity contribution in [2.24, 2.45) is 0 Å². The van der Waals surface area contributed by atoms with Gasteiger partial charge in [0.25, 0.3) is 5.91 Å². The Balaban J connectivity index is 1.38. The SMILES string of the molecule is O=C(Nc1cccc(OCc2cccnc2)c1)c1occc1CSc1ccccc1. The second-order valence-corrected chi connectivity index (χ2v) is 7.56. The Hall–Kier alpha value is -3.51. The number of hydrogen-bond donors (Lipinski definition) is 1. The third kappa shape index (κ3) is 5.30. The fraction of sp³-hybridized carbons (Fsp3) is 0.0833. The summed E-state index contributed by atoms with van der Waals surface area (Å²) in [5.41, 5.74) is 2.47. The van der Waals surface area contributed by atoms with E-state index in [4.69, 9.17) is 9.15 Å². The molecule has 0 radical (unpaired) electrons. The van der Waals surface area contributed by atoms with Crippen molar-refractivity contribution in [2.75, 3.05) is 5.32 Å². The van der Waals surface area contributed by atoms with Crippen molar-refractivity contribution in [3.63, 3.8) is 0 Å². The first-order valence-electron chi connectivity index (χ1n) is 9.45. The molecule has 5 nitrogen and oxygen atoms in total. The maximum Gasteiger partial charge on any atom is 0.291 e. The van der Waals surface area contributed by atoms with Gasteiger partial charge in [-0.2, -0.15) is 0 Å². The highest BCUT2D eigenvalue weighted by Crippen LogP contribution is 2.26. The molecule has 150 valence electrons. The molecule has 2 aromatic heterocycles. The van der Waals surface area contributed by atoms with Crippen molar-refractivity contribution in [1.82, 2.24) is 4.98 Å². The van der Waals surface area contributed by atoms with Crippen molar-refractivity contribution >= 4 is 23.4 Å². The molecule has 0 bridgehead atoms. The minimum absolute atomic E-state index is 0.284. The Bertz CT molecular complexity index is 1100. The number of amides is 1. The number of aromatic nitrogens is 1. The van der Waals surface area contributed by atoms with Crippen molar-refractivity contribution in [3.8, 4) is 5.75 Å². The number of carbonyl (C=O) groups excluding carboxylic acids is 1. The number of rotatable bonds is 8. The first-order valence-corrected chi connectivity index (χ1v) is 10.4. The summed E-state index contributed by atoms with van der Waals surface area (Å²) in [6.07, 6.45) is 5.03. The summed E-state index contributed by atoms with van der Waals surface area (Å²) in [5.74, 6) is 1.35. The number of furan rings is 1. The molecule has 0 aliphatic carbocycles. The summed E-state index contributed by atoms with van der Waals surface area (Å²) in [7, 11) is 0. The molecule has 4 rings (SSSR count). The van der Waals surface area contributed by atoms with E-state index in [0.717, 1.165) is 16.0 Å². The predicted octanol–water partition coefficient (Wildman–Crippen LogP) is 5.80. The summed E-state index contributed by atoms with van der Waals surface area (Å²) in [6, 6.07) is 23.0. The summed E-state index contributed by atoms with van der Waals surface area (Å²) >= 11 is 1.66. The number of ether oxygens (including phenoxy) is 1. The molecule has 6 heteroatoms. The second kappa shape index (κ2) is 9.80. The Kier molecular flexibility index (Phi) is 6.47. The van der Waals surface area contributed by atoms with Crippen LogP contribution in [0.1, 0.15) is 21.7 Å². The van der Waals surface area contributed by atoms with Gasteiger partial charge < -0.3 is 14.5 Å². The zero-order chi connectivity index (χ0) is 20.6. The molecule has 0 fully saturated rings. The average molecular weight is 417 g/mol. The lowest BCUT2D eigenvalue weighted by molar-refractivity contribution is 0.0996. The van der Waals surface area contributed by atoms with E-state index >= 15 is 0 Å². The van der Waals surface area contributed by atoms with Gasteiger partial charge in [0.2, 0.25) is 0 Å². The highest BCUT2D eigenvalue weighted by Gasteiger charge is 2.16. The number of hydrogen-bond acceptors (Lipinski definition) is 5. The minimum atomic E-state index is -0.284. The van der Waals surface area contributed by atoms with E-state index in [1.807, 2.05) is 66.7 Å². The Morgan fingerprint density at radius 1 is 1.03 bits per heavy atom. The van der Waals surface area contributed by atoms with Gasteiger partial charge in [-0.15, -0.1) is 11.8 Å². The maximum atomic E-state index is 12.7. The number of thioether (sulfide) groups is 1. The fourth-order valence-corrected chi connectivity index (χ4v) is 3.73. The zero-order valence-corrected chi connectivity index (χ0v) is 17.0. The highest BCUT2D eigenvalue weighted by molar-refractivity contribution is 7.98. The van der Waals surface area contributed by atoms with Crippen molar-refractivity contribution in [1.29, 1.82) is 0 Å². The molecule has 0 saturated carbocycles. The summed E-state index contributed by atoms with van der Waals surface area (Å²) in [5, 5.41) is 2.89. The number of nitrogens with zero attached hydrogens (tertiary/aromatic N) is 1. The maximum absolute atomic E-state index is 12.7. The largest absolute Gasteiger partial charge is 0.489 e. The first-order chi connectivity index (χ1) is 14.8. The van der Waals surface area contributed by atoms with Crippen LogP contribution in [0.15, 0.2) is 101 Å². The molecule has 4 aromatic rings. The van der Waals surface area contributed by atoms with Gasteiger partial charge >= 0.3 is 0 Å². The van der Waals surface area contributed by atoms with Gasteiger partial charge in [-0.25, -0.2) is 0 Å². The van der Waals surface area contributed by atoms with E-state index in [-0.39, 0.29) is 5.91 Å². The number of nitrogens with one attached hydrogen (secondary N) is 1. The topological polar surface area (TPSA) is 64.4 Å². The number of pyridine rings is 1. The summed E-state index contributed by atoms with van der Waals surface area (Å²) in [6.45, 7) is 0.407. The zero-order valence-electron chi connectivity index (χ0n) is 16.2. The molecule has 1 amide bonds. The summed E-state index contributed by atoms with van der Waals surface area (Å²) < 4.78 is 11.3. The number of carbonyl (C=O) groups is 1. The molecular formula is C24H20N2O3S. The van der Waals surface area contributed by atoms with Crippen molar-refractivity contribution in [2.45, 2.75) is 17.3 Å². The molecule has 0 aliphatic heterocycles. The van der Waals surface area contributed by atoms with Crippen LogP contribution in [-0.2, 0) is 12.4 Å². The highest BCUT2D eigenvalue weighted by atomic mass is 32.2. The van der Waals surface area contributed by atoms with Gasteiger partial charge in [-0.3, -0.25) is 9.78 Å². The van der Waals surface area contributed by atoms with E-state index < -0.39 is 0 Å². The van der Waals surface area contributed by atoms with E-state index in [0.29, 0.717) is 29.6 Å². The Morgan fingerprint density at radius 3 is 2.77 bits per heavy atom. The molecule has 0 atom stereocenters. The van der Waals surface area contributed by atoms with Crippen LogP contribution in [0.25, 0.3) is 0 Å². The number of anilines is 1. The van der Waals surface area contributed by atoms with Crippen molar-refractivity contribution in [3.05, 3.63) is 108 Å². The molecule has 0 spiro atoms. The van der Waals surface area contributed by atoms with Gasteiger partial charge in [-0.05, 0) is 36.4 Å². The predicted molar refractivity (Wildman–Crippen MR) is 118 cm³/mol. The van der Waals surface area contributed by atoms with E-state index in [2.05, 4.69) is 10.3 Å². The molecule has 2 heterocycles. The lowest BCUT2D eigenvalue weighted by Gasteiger charge is -2.09. The average Bonchev–Trinajstić information content (AvgIpc) is 3.27. The monoisotopic (exact) mass is 416 g/mol. The van der Waals surface area contributed by atoms with E-state index in [1.165, 1.54) is 0 Å². The van der Waals surface area contributed by atoms with Crippen LogP contribution in [0.2, 0.25) is 0 Å². The van der Waals surface area contributed by atoms with Crippen LogP contribution < -0.4 is 10.1 Å². The minimum Gasteiger partial charge on any atom is -0.489 e. The van der Waals surface area contributed by atoms with Gasteiger partial charge in [0.05, 0.1) is 6.26 Å². The second-order valence-electron chi connectivity index (χ2n) is 6.51. The quantitative estimate of drug-likeness (QED) is 0.368. The van der Waals surface area contributed by atoms with Gasteiger partial charge in [0, 0.05) is 45.9 Å². The van der Waals surface area contributed by atoms with Gasteiger partial charge in [-0.1, -0.05) is 30.3 Å². The van der Waals surface area contributed by atoms with Gasteiger partial charge in [0.1, 0.15) is 12.4 Å². The van der Waals surface area contributed by atoms with E-state index in [1.54, 1.807) is 36.5 Å². The first kappa shape index (κ1) is 19.8. The lowest BCUT2D eigenvalue weighted by atomic mass is 10.2. The van der Waals surface area contributed by atoms with Crippen LogP contribution in [-0.4, -0.2) is 10.9 Å². The van der Waals surface area contributed by atoms with Gasteiger partial charge in [0.15, 0.2) is 5.76 Å². The van der Waals surface area contributed by atoms with Crippen LogP contribution in [0, 0.1) is 0 Å². The Morgan fingerprint density at radius 2 is 1.93 bits per heavy atom. The number of benzene rings is 2. The van der Waals surface area contributed by atoms with Crippen LogP contribution in [0.3, 0.4) is 0 Å². The molecule has 0 aliphatic rings. The third-order valence-electron chi connectivity index (χ3n) is 4.31. The normalized spacial score (nSPS) is 10.5. The van der Waals surface area contributed by atoms with Crippen LogP contribution in [0.4, 0.5) is 5.69 Å². The Labute approximate surface area is 179 Å². The molecular weight excluding hydrogens is 396 g/mol. The molecule has 1 N–H and O–H groups in total. The molecule has 0 unspecified atom stereocenters. The standard InChI is InChI=1S/C24H20N2O3S/c27-24(23-19(11-13-28-23)17-30-22-9-2-1-3-10-22)26-20-7-4-8-21(14-20)29-16-18-6-5-12-25-15-18/h1-15H,16-17H2,(H,26,27). The van der Waals surface area contributed by atoms with Crippen LogP contribution in [0.5, 0.6) is 5.75 Å².